The van der Waals surface area contributed by atoms with Gasteiger partial charge in [0.2, 0.25) is 17.7 Å². The molecule has 0 aliphatic heterocycles. The molecule has 1 rings (SSSR count). The van der Waals surface area contributed by atoms with Gasteiger partial charge in [-0.15, -0.1) is 0 Å². The van der Waals surface area contributed by atoms with E-state index in [1.54, 1.807) is 14.2 Å². The molecule has 0 heterocycles. The summed E-state index contributed by atoms with van der Waals surface area (Å²) >= 11 is 0. The van der Waals surface area contributed by atoms with E-state index in [1.165, 1.54) is 10.5 Å². The van der Waals surface area contributed by atoms with Crippen molar-refractivity contribution in [1.29, 1.82) is 0 Å². The first kappa shape index (κ1) is 27.6. The Kier molecular flexibility index (Phi) is 13.2. The highest BCUT2D eigenvalue weighted by atomic mass is 16.5. The maximum atomic E-state index is 12.9. The fourth-order valence-corrected chi connectivity index (χ4v) is 3.14. The first-order valence-corrected chi connectivity index (χ1v) is 11.4. The summed E-state index contributed by atoms with van der Waals surface area (Å²) < 4.78 is 5.24. The van der Waals surface area contributed by atoms with Gasteiger partial charge in [-0.1, -0.05) is 50.6 Å². The molecule has 0 aliphatic rings. The van der Waals surface area contributed by atoms with Crippen molar-refractivity contribution < 1.29 is 19.1 Å². The lowest BCUT2D eigenvalue weighted by atomic mass is 9.97. The van der Waals surface area contributed by atoms with Crippen LogP contribution in [-0.4, -0.2) is 75.1 Å². The molecule has 0 fully saturated rings. The summed E-state index contributed by atoms with van der Waals surface area (Å²) in [6, 6.07) is 9.67. The Labute approximate surface area is 192 Å². The topological polar surface area (TPSA) is 99.8 Å². The number of ether oxygens (including phenoxy) is 1. The average molecular weight is 449 g/mol. The van der Waals surface area contributed by atoms with Crippen molar-refractivity contribution in [2.45, 2.75) is 52.2 Å². The smallest absolute Gasteiger partial charge is 0.240 e. The fourth-order valence-electron chi connectivity index (χ4n) is 3.14. The van der Waals surface area contributed by atoms with E-state index >= 15 is 0 Å². The maximum Gasteiger partial charge on any atom is 0.240 e. The maximum absolute atomic E-state index is 12.9. The molecule has 8 nitrogen and oxygen atoms in total. The molecule has 0 saturated carbocycles. The summed E-state index contributed by atoms with van der Waals surface area (Å²) in [6.45, 7) is 6.83. The van der Waals surface area contributed by atoms with Crippen molar-refractivity contribution in [3.05, 3.63) is 35.9 Å². The van der Waals surface area contributed by atoms with Crippen molar-refractivity contribution in [2.75, 3.05) is 40.3 Å². The molecule has 2 unspecified atom stereocenters. The number of hydrogen-bond donors (Lipinski definition) is 3. The molecule has 1 aromatic carbocycles. The van der Waals surface area contributed by atoms with E-state index in [9.17, 15) is 14.4 Å². The lowest BCUT2D eigenvalue weighted by Crippen LogP contribution is -2.52. The predicted molar refractivity (Wildman–Crippen MR) is 126 cm³/mol. The average Bonchev–Trinajstić information content (AvgIpc) is 2.80. The molecular formula is C24H40N4O4. The molecule has 3 N–H and O–H groups in total. The van der Waals surface area contributed by atoms with Crippen molar-refractivity contribution in [3.8, 4) is 0 Å². The van der Waals surface area contributed by atoms with E-state index in [-0.39, 0.29) is 42.8 Å². The van der Waals surface area contributed by atoms with E-state index in [4.69, 9.17) is 4.74 Å². The molecule has 0 spiro atoms. The molecular weight excluding hydrogens is 408 g/mol. The zero-order chi connectivity index (χ0) is 23.9. The van der Waals surface area contributed by atoms with Gasteiger partial charge in [-0.3, -0.25) is 14.4 Å². The lowest BCUT2D eigenvalue weighted by Gasteiger charge is -2.29. The van der Waals surface area contributed by atoms with Crippen LogP contribution in [0.1, 0.15) is 39.2 Å². The Morgan fingerprint density at radius 3 is 2.38 bits per heavy atom. The molecule has 0 saturated heterocycles. The molecule has 0 aromatic heterocycles. The second kappa shape index (κ2) is 15.4. The van der Waals surface area contributed by atoms with Crippen LogP contribution in [0, 0.1) is 5.92 Å². The largest absolute Gasteiger partial charge is 0.380 e. The van der Waals surface area contributed by atoms with E-state index in [0.717, 1.165) is 19.3 Å². The summed E-state index contributed by atoms with van der Waals surface area (Å²) in [5.41, 5.74) is 1.23. The van der Waals surface area contributed by atoms with E-state index in [1.807, 2.05) is 39.0 Å². The molecule has 3 amide bonds. The Morgan fingerprint density at radius 1 is 1.06 bits per heavy atom. The molecule has 8 heteroatoms. The zero-order valence-corrected chi connectivity index (χ0v) is 20.1. The number of nitrogens with one attached hydrogen (secondary N) is 3. The van der Waals surface area contributed by atoms with Crippen molar-refractivity contribution in [2.24, 2.45) is 5.92 Å². The summed E-state index contributed by atoms with van der Waals surface area (Å²) in [7, 11) is 3.23. The van der Waals surface area contributed by atoms with Gasteiger partial charge in [-0.05, 0) is 31.2 Å². The fraction of sp³-hybridized carbons (Fsp3) is 0.625. The van der Waals surface area contributed by atoms with Crippen LogP contribution < -0.4 is 16.0 Å². The second-order valence-corrected chi connectivity index (χ2v) is 8.23. The van der Waals surface area contributed by atoms with Crippen LogP contribution in [0.4, 0.5) is 0 Å². The Morgan fingerprint density at radius 2 is 1.75 bits per heavy atom. The van der Waals surface area contributed by atoms with Crippen LogP contribution in [0.3, 0.4) is 0 Å². The van der Waals surface area contributed by atoms with Crippen LogP contribution in [0.15, 0.2) is 30.3 Å². The Hall–Kier alpha value is -2.45. The number of amides is 3. The van der Waals surface area contributed by atoms with Crippen molar-refractivity contribution in [3.63, 3.8) is 0 Å². The van der Waals surface area contributed by atoms with Gasteiger partial charge in [0, 0.05) is 27.2 Å². The summed E-state index contributed by atoms with van der Waals surface area (Å²) in [4.78, 5) is 38.5. The zero-order valence-electron chi connectivity index (χ0n) is 20.1. The third-order valence-electron chi connectivity index (χ3n) is 5.52. The second-order valence-electron chi connectivity index (χ2n) is 8.23. The quantitative estimate of drug-likeness (QED) is 0.352. The molecule has 1 aromatic rings. The number of benzene rings is 1. The first-order valence-electron chi connectivity index (χ1n) is 11.4. The summed E-state index contributed by atoms with van der Waals surface area (Å²) in [6.07, 6.45) is 2.52. The van der Waals surface area contributed by atoms with E-state index < -0.39 is 6.04 Å². The number of nitrogens with zero attached hydrogens (tertiary/aromatic N) is 1. The summed E-state index contributed by atoms with van der Waals surface area (Å²) in [5, 5.41) is 8.64. The molecule has 32 heavy (non-hydrogen) atoms. The third-order valence-corrected chi connectivity index (χ3v) is 5.52. The monoisotopic (exact) mass is 448 g/mol. The highest BCUT2D eigenvalue weighted by Crippen LogP contribution is 2.10. The lowest BCUT2D eigenvalue weighted by molar-refractivity contribution is -0.137. The third kappa shape index (κ3) is 10.7. The van der Waals surface area contributed by atoms with Gasteiger partial charge in [-0.2, -0.15) is 0 Å². The van der Waals surface area contributed by atoms with Crippen LogP contribution in [-0.2, 0) is 25.5 Å². The molecule has 180 valence electrons. The van der Waals surface area contributed by atoms with Gasteiger partial charge in [0.05, 0.1) is 25.2 Å². The van der Waals surface area contributed by atoms with Gasteiger partial charge < -0.3 is 25.6 Å². The highest BCUT2D eigenvalue weighted by Gasteiger charge is 2.27. The number of rotatable bonds is 15. The van der Waals surface area contributed by atoms with Gasteiger partial charge in [0.25, 0.3) is 0 Å². The van der Waals surface area contributed by atoms with Crippen molar-refractivity contribution in [1.82, 2.24) is 20.9 Å². The van der Waals surface area contributed by atoms with Crippen LogP contribution in [0.2, 0.25) is 0 Å². The Balaban J connectivity index is 2.35. The first-order chi connectivity index (χ1) is 15.3. The number of carbonyl (C=O) groups is 3. The normalized spacial score (nSPS) is 13.7. The number of methoxy groups -OCH3 is 1. The van der Waals surface area contributed by atoms with Crippen LogP contribution >= 0.6 is 0 Å². The number of hydrogen-bond acceptors (Lipinski definition) is 5. The number of likely N-dealkylation sites (N-methyl/N-ethyl adjacent to an activating group) is 1. The van der Waals surface area contributed by atoms with Crippen LogP contribution in [0.5, 0.6) is 0 Å². The summed E-state index contributed by atoms with van der Waals surface area (Å²) in [5.74, 6) is -0.650. The number of aryl methyl sites for hydroxylation is 1. The van der Waals surface area contributed by atoms with E-state index in [0.29, 0.717) is 13.1 Å². The number of carbonyl (C=O) groups excluding carboxylic acids is 3. The molecule has 0 bridgehead atoms. The SMILES string of the molecule is CCC(C)C(NC[C@@H](C)OC)C(=O)N(C)CC(=O)NCC(=O)NCCCc1ccccc1. The van der Waals surface area contributed by atoms with Gasteiger partial charge in [0.15, 0.2) is 0 Å². The van der Waals surface area contributed by atoms with Gasteiger partial charge in [-0.25, -0.2) is 0 Å². The van der Waals surface area contributed by atoms with E-state index in [2.05, 4.69) is 28.1 Å². The molecule has 0 radical (unpaired) electrons. The van der Waals surface area contributed by atoms with Crippen molar-refractivity contribution >= 4 is 17.7 Å². The van der Waals surface area contributed by atoms with Crippen LogP contribution in [0.25, 0.3) is 0 Å². The standard InChI is InChI=1S/C24H40N4O4/c1-6-18(2)23(27-15-19(3)32-5)24(31)28(4)17-22(30)26-16-21(29)25-14-10-13-20-11-8-7-9-12-20/h7-9,11-12,18-19,23,27H,6,10,13-17H2,1-5H3,(H,25,29)(H,26,30)/t18?,19-,23?/m1/s1. The van der Waals surface area contributed by atoms with Gasteiger partial charge in [0.1, 0.15) is 0 Å². The minimum absolute atomic E-state index is 0.0193. The molecule has 3 atom stereocenters. The van der Waals surface area contributed by atoms with Gasteiger partial charge >= 0.3 is 0 Å². The highest BCUT2D eigenvalue weighted by molar-refractivity contribution is 5.89. The minimum Gasteiger partial charge on any atom is -0.380 e. The minimum atomic E-state index is -0.400. The predicted octanol–water partition coefficient (Wildman–Crippen LogP) is 1.35. The molecule has 0 aliphatic carbocycles. The Bertz CT molecular complexity index is 698.